The maximum absolute atomic E-state index is 13.9. The van der Waals surface area contributed by atoms with Gasteiger partial charge in [0.2, 0.25) is 0 Å². The summed E-state index contributed by atoms with van der Waals surface area (Å²) in [4.78, 5) is 0. The number of rotatable bonds is 6. The largest absolute Gasteiger partial charge is 0.507 e. The first kappa shape index (κ1) is 79.3. The van der Waals surface area contributed by atoms with E-state index in [1.165, 1.54) is 43.5 Å². The van der Waals surface area contributed by atoms with Crippen molar-refractivity contribution in [2.45, 2.75) is 29.7 Å². The van der Waals surface area contributed by atoms with Crippen LogP contribution in [0.5, 0.6) is 17.2 Å². The molecule has 0 fully saturated rings. The van der Waals surface area contributed by atoms with Gasteiger partial charge in [-0.15, -0.1) is 0 Å². The van der Waals surface area contributed by atoms with E-state index in [-0.39, 0.29) is 52.6 Å². The minimum atomic E-state index is -1.56. The Bertz CT molecular complexity index is 4360. The van der Waals surface area contributed by atoms with Gasteiger partial charge in [-0.1, -0.05) is 176 Å². The Morgan fingerprint density at radius 1 is 0.389 bits per heavy atom. The summed E-state index contributed by atoms with van der Waals surface area (Å²) in [5.41, 5.74) is 5.59. The third kappa shape index (κ3) is 21.6. The van der Waals surface area contributed by atoms with Crippen LogP contribution in [0.2, 0.25) is 25.1 Å². The predicted octanol–water partition coefficient (Wildman–Crippen LogP) is 22.2. The number of hydrogen-bond acceptors (Lipinski definition) is 9. The van der Waals surface area contributed by atoms with Crippen LogP contribution in [0, 0.1) is 21.0 Å². The number of fused-ring (bicyclic) bond motifs is 6. The van der Waals surface area contributed by atoms with Crippen molar-refractivity contribution in [3.63, 3.8) is 0 Å². The maximum atomic E-state index is 13.9. The van der Waals surface area contributed by atoms with Crippen molar-refractivity contribution in [1.29, 1.82) is 0 Å². The predicted molar refractivity (Wildman–Crippen MR) is 394 cm³/mol. The van der Waals surface area contributed by atoms with E-state index in [9.17, 15) is 18.3 Å². The van der Waals surface area contributed by atoms with Crippen LogP contribution >= 0.6 is 144 Å². The molecule has 0 unspecified atom stereocenters. The third-order valence-electron chi connectivity index (χ3n) is 12.1. The summed E-state index contributed by atoms with van der Waals surface area (Å²) in [7, 11) is -0.0478. The number of phenols is 1. The summed E-state index contributed by atoms with van der Waals surface area (Å²) in [6, 6.07) is 50.9. The van der Waals surface area contributed by atoms with E-state index >= 15 is 0 Å². The van der Waals surface area contributed by atoms with Gasteiger partial charge < -0.3 is 43.5 Å². The van der Waals surface area contributed by atoms with Crippen molar-refractivity contribution in [3.8, 4) is 39.5 Å². The van der Waals surface area contributed by atoms with Crippen LogP contribution in [0.15, 0.2) is 209 Å². The number of hydrogen-bond donors (Lipinski definition) is 5. The van der Waals surface area contributed by atoms with Crippen molar-refractivity contribution in [2.75, 3.05) is 14.2 Å². The maximum Gasteiger partial charge on any atom is 0.492 e. The first-order chi connectivity index (χ1) is 40.9. The molecule has 0 aliphatic heterocycles. The second-order valence-electron chi connectivity index (χ2n) is 17.8. The lowest BCUT2D eigenvalue weighted by Crippen LogP contribution is -2.31. The van der Waals surface area contributed by atoms with E-state index < -0.39 is 20.1 Å². The Hall–Kier alpha value is -4.94. The molecule has 90 heavy (non-hydrogen) atoms. The van der Waals surface area contributed by atoms with Gasteiger partial charge in [-0.2, -0.15) is 0 Å². The molecule has 0 saturated carbocycles. The highest BCUT2D eigenvalue weighted by Crippen LogP contribution is 2.37. The second kappa shape index (κ2) is 37.1. The number of ether oxygens (including phenoxy) is 2. The second-order valence-corrected chi connectivity index (χ2v) is 24.8. The molecule has 2 aromatic heterocycles. The van der Waals surface area contributed by atoms with E-state index in [0.717, 1.165) is 52.3 Å². The summed E-state index contributed by atoms with van der Waals surface area (Å²) in [5.74, 6) is 0.104. The van der Waals surface area contributed by atoms with Gasteiger partial charge in [-0.3, -0.25) is 0 Å². The molecule has 0 aliphatic carbocycles. The van der Waals surface area contributed by atoms with E-state index in [1.54, 1.807) is 104 Å². The van der Waals surface area contributed by atoms with E-state index in [1.807, 2.05) is 71.1 Å². The van der Waals surface area contributed by atoms with Crippen molar-refractivity contribution in [2.24, 2.45) is 0 Å². The molecule has 12 rings (SSSR count). The lowest BCUT2D eigenvalue weighted by atomic mass is 9.79. The van der Waals surface area contributed by atoms with Crippen LogP contribution in [0.4, 0.5) is 13.2 Å². The Morgan fingerprint density at radius 3 is 1.27 bits per heavy atom. The molecule has 0 bridgehead atoms. The fourth-order valence-electron chi connectivity index (χ4n) is 8.06. The van der Waals surface area contributed by atoms with E-state index in [2.05, 4.69) is 63.7 Å². The minimum absolute atomic E-state index is 0. The van der Waals surface area contributed by atoms with Crippen LogP contribution < -0.4 is 20.4 Å². The number of halogens is 13. The van der Waals surface area contributed by atoms with Gasteiger partial charge in [0, 0.05) is 95.8 Å². The molecule has 5 N–H and O–H groups in total. The fourth-order valence-corrected chi connectivity index (χ4v) is 10.6. The molecule has 0 spiro atoms. The SMILES string of the molecule is C.C.C.C.COc1ccc(Cl)cc1-c1ccc(Br)cc1F.COc1ccc(Cl)cc1B(O)O.Clc1ccc2oc3cc(Br)ccc3c2c1.Fc1cc(Br)ccc1I.OB(O)c1ccc2c(c1)oc1ccc(Cl)cc12.Oc1ccc(Cl)cc1-c1ccc(Br)cc1F. The summed E-state index contributed by atoms with van der Waals surface area (Å²) in [6.07, 6.45) is 0. The average molecular weight is 1700 g/mol. The molecule has 0 radical (unpaired) electrons. The summed E-state index contributed by atoms with van der Waals surface area (Å²) in [5, 5.41) is 52.4. The first-order valence-electron chi connectivity index (χ1n) is 24.7. The highest BCUT2D eigenvalue weighted by atomic mass is 127. The van der Waals surface area contributed by atoms with Gasteiger partial charge in [-0.05, 0) is 186 Å². The number of phenolic OH excluding ortho intramolecular Hbond substituents is 1. The Balaban J connectivity index is 0.000000282. The molecule has 10 aromatic carbocycles. The number of furan rings is 2. The lowest BCUT2D eigenvalue weighted by molar-refractivity contribution is 0.403. The molecule has 0 aliphatic rings. The summed E-state index contributed by atoms with van der Waals surface area (Å²) >= 11 is 44.2. The molecule has 0 atom stereocenters. The van der Waals surface area contributed by atoms with E-state index in [4.69, 9.17) is 96.4 Å². The van der Waals surface area contributed by atoms with Gasteiger partial charge in [0.1, 0.15) is 57.0 Å². The lowest BCUT2D eigenvalue weighted by Gasteiger charge is -2.10. The monoisotopic (exact) mass is 1690 g/mol. The van der Waals surface area contributed by atoms with Gasteiger partial charge >= 0.3 is 14.2 Å². The van der Waals surface area contributed by atoms with Crippen LogP contribution in [-0.2, 0) is 0 Å². The van der Waals surface area contributed by atoms with Crippen LogP contribution in [-0.4, -0.2) is 53.7 Å². The Labute approximate surface area is 593 Å². The van der Waals surface area contributed by atoms with Crippen molar-refractivity contribution < 1.29 is 56.7 Å². The highest BCUT2D eigenvalue weighted by molar-refractivity contribution is 14.1. The fraction of sp³-hybridized carbons (Fsp3) is 0.0909. The zero-order valence-corrected chi connectivity index (χ0v) is 56.5. The molecular weight excluding hydrogens is 1640 g/mol. The number of methoxy groups -OCH3 is 2. The smallest absolute Gasteiger partial charge is 0.492 e. The van der Waals surface area contributed by atoms with Crippen molar-refractivity contribution >= 4 is 213 Å². The molecule has 12 aromatic rings. The van der Waals surface area contributed by atoms with E-state index in [0.29, 0.717) is 77.4 Å². The van der Waals surface area contributed by atoms with Gasteiger partial charge in [0.15, 0.2) is 0 Å². The molecule has 0 saturated heterocycles. The molecule has 472 valence electrons. The van der Waals surface area contributed by atoms with Crippen molar-refractivity contribution in [3.05, 3.63) is 246 Å². The number of aromatic hydroxyl groups is 1. The topological polar surface area (TPSA) is 146 Å². The zero-order valence-electron chi connectivity index (χ0n) is 44.3. The highest BCUT2D eigenvalue weighted by Gasteiger charge is 2.18. The Kier molecular flexibility index (Phi) is 32.7. The quantitative estimate of drug-likeness (QED) is 0.0624. The zero-order chi connectivity index (χ0) is 62.5. The van der Waals surface area contributed by atoms with Crippen LogP contribution in [0.3, 0.4) is 0 Å². The van der Waals surface area contributed by atoms with Gasteiger partial charge in [0.05, 0.1) is 14.2 Å². The first-order valence-corrected chi connectivity index (χ1v) is 30.9. The molecular formula is C66H57B2Br4Cl5F3IO9. The van der Waals surface area contributed by atoms with Crippen LogP contribution in [0.1, 0.15) is 29.7 Å². The van der Waals surface area contributed by atoms with Gasteiger partial charge in [0.25, 0.3) is 0 Å². The summed E-state index contributed by atoms with van der Waals surface area (Å²) in [6.45, 7) is 0. The summed E-state index contributed by atoms with van der Waals surface area (Å²) < 4.78 is 65.2. The standard InChI is InChI=1S/C13H9BrClFO.C12H8BClO3.C12H7BrClFO.C12H6BrClO.C7H8BClO3.C6H3BrFI.4CH4/c1-17-13-5-3-9(15)7-11(13)10-4-2-8(14)6-12(10)16;14-8-2-4-11-10(6-8)9-3-1-7(13(15)16)5-12(9)17-11;13-7-1-3-9(11(15)5-7)10-6-8(14)2-4-12(10)16;13-7-1-3-9-10-6-8(14)2-4-11(10)15-12(9)5-7;1-12-7-3-2-5(9)4-6(7)8(10)11;7-4-1-2-6(9)5(8)3-4;;;;/h2-7H,1H3;1-6,15-16H;1-6,16H;1-6H;2-4,10-11H,1H3;1-3H;4*1H4. The minimum Gasteiger partial charge on any atom is -0.507 e. The molecule has 24 heteroatoms. The number of benzene rings is 10. The van der Waals surface area contributed by atoms with Gasteiger partial charge in [-0.25, -0.2) is 13.2 Å². The molecule has 0 amide bonds. The molecule has 2 heterocycles. The average Bonchev–Trinajstić information content (AvgIpc) is 1.64. The van der Waals surface area contributed by atoms with Crippen LogP contribution in [0.25, 0.3) is 66.1 Å². The van der Waals surface area contributed by atoms with Crippen molar-refractivity contribution in [1.82, 2.24) is 0 Å². The third-order valence-corrected chi connectivity index (χ3v) is 16.1. The Morgan fingerprint density at radius 2 is 0.789 bits per heavy atom. The normalized spacial score (nSPS) is 10.1. The molecule has 9 nitrogen and oxygen atoms in total.